The summed E-state index contributed by atoms with van der Waals surface area (Å²) in [5.41, 5.74) is 1.24. The molecule has 0 spiro atoms. The van der Waals surface area contributed by atoms with Gasteiger partial charge in [0.15, 0.2) is 0 Å². The maximum absolute atomic E-state index is 13.2. The molecule has 1 rings (SSSR count). The first-order chi connectivity index (χ1) is 7.86. The Morgan fingerprint density at radius 3 is 2.65 bits per heavy atom. The summed E-state index contributed by atoms with van der Waals surface area (Å²) >= 11 is 0. The van der Waals surface area contributed by atoms with Gasteiger partial charge in [-0.2, -0.15) is 0 Å². The van der Waals surface area contributed by atoms with E-state index < -0.39 is 12.5 Å². The van der Waals surface area contributed by atoms with Gasteiger partial charge in [-0.25, -0.2) is 4.39 Å². The second-order valence-corrected chi connectivity index (χ2v) is 4.78. The molecule has 0 atom stereocenters. The van der Waals surface area contributed by atoms with Crippen molar-refractivity contribution in [2.75, 3.05) is 13.2 Å². The molecule has 94 valence electrons. The molecule has 0 bridgehead atoms. The van der Waals surface area contributed by atoms with Crippen molar-refractivity contribution in [2.45, 2.75) is 26.2 Å². The normalized spacial score (nSPS) is 11.4. The molecule has 0 radical (unpaired) electrons. The lowest BCUT2D eigenvalue weighted by Gasteiger charge is -2.26. The zero-order valence-electron chi connectivity index (χ0n) is 10.4. The molecule has 0 aromatic heterocycles. The summed E-state index contributed by atoms with van der Waals surface area (Å²) in [5, 5.41) is 11.2. The van der Waals surface area contributed by atoms with Gasteiger partial charge in [-0.05, 0) is 24.1 Å². The number of carbonyl (C=O) groups excluding carboxylic acids is 1. The van der Waals surface area contributed by atoms with E-state index in [1.165, 1.54) is 6.07 Å². The van der Waals surface area contributed by atoms with Crippen molar-refractivity contribution in [3.8, 4) is 0 Å². The lowest BCUT2D eigenvalue weighted by Crippen LogP contribution is -2.38. The number of nitrogens with one attached hydrogen (secondary N) is 1. The molecule has 0 saturated heterocycles. The number of aryl methyl sites for hydroxylation is 1. The molecule has 0 fully saturated rings. The molecule has 1 aromatic rings. The van der Waals surface area contributed by atoms with Crippen LogP contribution in [0.15, 0.2) is 18.2 Å². The lowest BCUT2D eigenvalue weighted by molar-refractivity contribution is -0.124. The number of benzene rings is 1. The summed E-state index contributed by atoms with van der Waals surface area (Å²) in [6.45, 7) is 5.51. The zero-order valence-corrected chi connectivity index (χ0v) is 10.4. The maximum atomic E-state index is 13.2. The number of aliphatic hydroxyl groups is 1. The molecule has 1 amide bonds. The molecule has 0 aliphatic carbocycles. The summed E-state index contributed by atoms with van der Waals surface area (Å²) in [4.78, 5) is 11.0. The van der Waals surface area contributed by atoms with Gasteiger partial charge < -0.3 is 10.4 Å². The standard InChI is InChI=1S/C13H18FNO2/c1-9-6-10(4-5-11(9)14)13(2,3)8-15-12(17)7-16/h4-6,16H,7-8H2,1-3H3,(H,15,17). The molecule has 0 aliphatic rings. The second kappa shape index (κ2) is 5.27. The summed E-state index contributed by atoms with van der Waals surface area (Å²) in [7, 11) is 0. The van der Waals surface area contributed by atoms with Crippen LogP contribution >= 0.6 is 0 Å². The van der Waals surface area contributed by atoms with Crippen LogP contribution in [0.1, 0.15) is 25.0 Å². The molecular formula is C13H18FNO2. The van der Waals surface area contributed by atoms with Crippen LogP contribution in [0.5, 0.6) is 0 Å². The minimum atomic E-state index is -0.515. The van der Waals surface area contributed by atoms with E-state index in [-0.39, 0.29) is 11.2 Å². The number of halogens is 1. The van der Waals surface area contributed by atoms with Gasteiger partial charge in [0, 0.05) is 12.0 Å². The third-order valence-corrected chi connectivity index (χ3v) is 2.81. The molecule has 4 heteroatoms. The van der Waals surface area contributed by atoms with Crippen LogP contribution < -0.4 is 5.32 Å². The van der Waals surface area contributed by atoms with Gasteiger partial charge in [-0.15, -0.1) is 0 Å². The Kier molecular flexibility index (Phi) is 4.23. The zero-order chi connectivity index (χ0) is 13.1. The fraction of sp³-hybridized carbons (Fsp3) is 0.462. The first-order valence-electron chi connectivity index (χ1n) is 5.51. The molecular weight excluding hydrogens is 221 g/mol. The minimum absolute atomic E-state index is 0.232. The highest BCUT2D eigenvalue weighted by Crippen LogP contribution is 2.24. The Bertz CT molecular complexity index is 416. The third-order valence-electron chi connectivity index (χ3n) is 2.81. The predicted molar refractivity (Wildman–Crippen MR) is 64.3 cm³/mol. The molecule has 0 unspecified atom stereocenters. The highest BCUT2D eigenvalue weighted by molar-refractivity contribution is 5.76. The monoisotopic (exact) mass is 239 g/mol. The highest BCUT2D eigenvalue weighted by atomic mass is 19.1. The maximum Gasteiger partial charge on any atom is 0.245 e. The molecule has 2 N–H and O–H groups in total. The highest BCUT2D eigenvalue weighted by Gasteiger charge is 2.21. The quantitative estimate of drug-likeness (QED) is 0.837. The van der Waals surface area contributed by atoms with Crippen molar-refractivity contribution in [1.82, 2.24) is 5.32 Å². The Hall–Kier alpha value is -1.42. The Labute approximate surface area is 101 Å². The van der Waals surface area contributed by atoms with Crippen LogP contribution in [0.3, 0.4) is 0 Å². The third kappa shape index (κ3) is 3.53. The average Bonchev–Trinajstić information content (AvgIpc) is 2.29. The van der Waals surface area contributed by atoms with Gasteiger partial charge in [0.2, 0.25) is 5.91 Å². The Morgan fingerprint density at radius 1 is 1.47 bits per heavy atom. The van der Waals surface area contributed by atoms with Gasteiger partial charge in [0.1, 0.15) is 12.4 Å². The van der Waals surface area contributed by atoms with Crippen LogP contribution in [-0.4, -0.2) is 24.2 Å². The molecule has 1 aromatic carbocycles. The largest absolute Gasteiger partial charge is 0.387 e. The van der Waals surface area contributed by atoms with E-state index in [2.05, 4.69) is 5.32 Å². The van der Waals surface area contributed by atoms with Crippen molar-refractivity contribution < 1.29 is 14.3 Å². The summed E-state index contributed by atoms with van der Waals surface area (Å²) in [6, 6.07) is 4.92. The first-order valence-corrected chi connectivity index (χ1v) is 5.51. The number of aliphatic hydroxyl groups excluding tert-OH is 1. The fourth-order valence-corrected chi connectivity index (χ4v) is 1.54. The minimum Gasteiger partial charge on any atom is -0.387 e. The summed E-state index contributed by atoms with van der Waals surface area (Å²) < 4.78 is 13.2. The molecule has 0 heterocycles. The summed E-state index contributed by atoms with van der Waals surface area (Å²) in [5.74, 6) is -0.638. The first kappa shape index (κ1) is 13.6. The predicted octanol–water partition coefficient (Wildman–Crippen LogP) is 1.52. The van der Waals surface area contributed by atoms with Crippen molar-refractivity contribution >= 4 is 5.91 Å². The van der Waals surface area contributed by atoms with E-state index in [9.17, 15) is 9.18 Å². The molecule has 17 heavy (non-hydrogen) atoms. The summed E-state index contributed by atoms with van der Waals surface area (Å²) in [6.07, 6.45) is 0. The van der Waals surface area contributed by atoms with Gasteiger partial charge >= 0.3 is 0 Å². The van der Waals surface area contributed by atoms with Crippen LogP contribution in [0, 0.1) is 12.7 Å². The number of hydrogen-bond donors (Lipinski definition) is 2. The van der Waals surface area contributed by atoms with Crippen LogP contribution in [0.4, 0.5) is 4.39 Å². The van der Waals surface area contributed by atoms with Crippen LogP contribution in [0.25, 0.3) is 0 Å². The topological polar surface area (TPSA) is 49.3 Å². The number of hydrogen-bond acceptors (Lipinski definition) is 2. The van der Waals surface area contributed by atoms with E-state index in [1.54, 1.807) is 19.1 Å². The molecule has 0 saturated carbocycles. The SMILES string of the molecule is Cc1cc(C(C)(C)CNC(=O)CO)ccc1F. The Balaban J connectivity index is 2.81. The van der Waals surface area contributed by atoms with Gasteiger partial charge in [0.05, 0.1) is 0 Å². The van der Waals surface area contributed by atoms with Crippen molar-refractivity contribution in [1.29, 1.82) is 0 Å². The van der Waals surface area contributed by atoms with E-state index in [0.717, 1.165) is 5.56 Å². The number of carbonyl (C=O) groups is 1. The van der Waals surface area contributed by atoms with Gasteiger partial charge in [-0.1, -0.05) is 26.0 Å². The average molecular weight is 239 g/mol. The Morgan fingerprint density at radius 2 is 2.12 bits per heavy atom. The molecule has 3 nitrogen and oxygen atoms in total. The van der Waals surface area contributed by atoms with Crippen molar-refractivity contribution in [2.24, 2.45) is 0 Å². The number of rotatable bonds is 4. The van der Waals surface area contributed by atoms with Crippen LogP contribution in [0.2, 0.25) is 0 Å². The smallest absolute Gasteiger partial charge is 0.245 e. The van der Waals surface area contributed by atoms with Crippen LogP contribution in [-0.2, 0) is 10.2 Å². The van der Waals surface area contributed by atoms with Crippen molar-refractivity contribution in [3.05, 3.63) is 35.1 Å². The van der Waals surface area contributed by atoms with E-state index in [0.29, 0.717) is 12.1 Å². The van der Waals surface area contributed by atoms with E-state index in [1.807, 2.05) is 13.8 Å². The van der Waals surface area contributed by atoms with Gasteiger partial charge in [0.25, 0.3) is 0 Å². The van der Waals surface area contributed by atoms with Gasteiger partial charge in [-0.3, -0.25) is 4.79 Å². The van der Waals surface area contributed by atoms with E-state index in [4.69, 9.17) is 5.11 Å². The van der Waals surface area contributed by atoms with E-state index >= 15 is 0 Å². The number of amides is 1. The fourth-order valence-electron chi connectivity index (χ4n) is 1.54. The van der Waals surface area contributed by atoms with Crippen molar-refractivity contribution in [3.63, 3.8) is 0 Å². The molecule has 0 aliphatic heterocycles. The lowest BCUT2D eigenvalue weighted by atomic mass is 9.84. The second-order valence-electron chi connectivity index (χ2n) is 4.78.